The summed E-state index contributed by atoms with van der Waals surface area (Å²) in [6, 6.07) is 1.42. The summed E-state index contributed by atoms with van der Waals surface area (Å²) < 4.78 is 42.6. The Balaban J connectivity index is 0.000000263. The quantitative estimate of drug-likeness (QED) is 0.350. The molecular weight excluding hydrogens is 986 g/mol. The van der Waals surface area contributed by atoms with E-state index in [0.717, 1.165) is 12.8 Å². The first-order chi connectivity index (χ1) is 16.0. The summed E-state index contributed by atoms with van der Waals surface area (Å²) in [5.41, 5.74) is -0.709. The first kappa shape index (κ1) is 35.3. The van der Waals surface area contributed by atoms with E-state index in [-0.39, 0.29) is 116 Å². The molecular formula is C19H28N2O10P2SU2-2. The maximum Gasteiger partial charge on any atom is 0.695 e. The van der Waals surface area contributed by atoms with Crippen LogP contribution in [0.2, 0.25) is 0 Å². The topological polar surface area (TPSA) is 150 Å². The average Bonchev–Trinajstić information content (AvgIpc) is 3.47. The van der Waals surface area contributed by atoms with Crippen LogP contribution >= 0.6 is 15.0 Å². The Kier molecular flexibility index (Phi) is 15.6. The summed E-state index contributed by atoms with van der Waals surface area (Å²) in [5.74, 6) is 0. The van der Waals surface area contributed by atoms with E-state index in [1.807, 2.05) is 27.7 Å². The number of aromatic amines is 1. The first-order valence-electron chi connectivity index (χ1n) is 10.8. The molecule has 12 nitrogen and oxygen atoms in total. The Morgan fingerprint density at radius 3 is 2.22 bits per heavy atom. The minimum Gasteiger partial charge on any atom is -0.780 e. The van der Waals surface area contributed by atoms with Gasteiger partial charge in [0, 0.05) is 85.1 Å². The fourth-order valence-corrected chi connectivity index (χ4v) is 6.09. The summed E-state index contributed by atoms with van der Waals surface area (Å²) >= 11 is 4.60. The van der Waals surface area contributed by atoms with Crippen LogP contribution in [0.4, 0.5) is 0 Å². The predicted octanol–water partition coefficient (Wildman–Crippen LogP) is 1.84. The number of fused-ring (bicyclic) bond motifs is 2. The molecule has 0 amide bonds. The van der Waals surface area contributed by atoms with Crippen LogP contribution in [0, 0.1) is 75.4 Å². The summed E-state index contributed by atoms with van der Waals surface area (Å²) in [5, 5.41) is 0. The molecule has 4 fully saturated rings. The Morgan fingerprint density at radius 1 is 1.08 bits per heavy atom. The van der Waals surface area contributed by atoms with Crippen molar-refractivity contribution in [2.75, 3.05) is 0 Å². The Hall–Kier alpha value is 1.25. The molecule has 0 aliphatic carbocycles. The van der Waals surface area contributed by atoms with E-state index < -0.39 is 15.0 Å². The molecule has 8 atom stereocenters. The van der Waals surface area contributed by atoms with Gasteiger partial charge >= 0.3 is 13.9 Å². The molecule has 17 heteroatoms. The zero-order valence-corrected chi connectivity index (χ0v) is 31.0. The van der Waals surface area contributed by atoms with E-state index in [0.29, 0.717) is 0 Å². The maximum absolute atomic E-state index is 11.2. The van der Waals surface area contributed by atoms with Crippen molar-refractivity contribution < 1.29 is 99.3 Å². The fraction of sp³-hybridized carbons (Fsp3) is 0.684. The SMILES string of the molecule is CC(C)n1ccc(=O)[nH]c1=O.CC[C@H]1O[CH-]C2OP([O-])(=S)O[C@@H]21.CC[C@H]1O[CH-]C2O[P+](=O)O[C@@H]21.[U].[U]. The molecule has 1 aromatic rings. The van der Waals surface area contributed by atoms with Gasteiger partial charge in [-0.15, -0.1) is 9.05 Å². The molecule has 0 saturated carbocycles. The van der Waals surface area contributed by atoms with Crippen molar-refractivity contribution in [3.8, 4) is 0 Å². The number of nitrogens with zero attached hydrogens (tertiary/aromatic N) is 1. The monoisotopic (exact) mass is 1010 g/mol. The average molecular weight is 1010 g/mol. The van der Waals surface area contributed by atoms with E-state index in [4.69, 9.17) is 27.6 Å². The van der Waals surface area contributed by atoms with Crippen molar-refractivity contribution in [2.45, 2.75) is 83.2 Å². The van der Waals surface area contributed by atoms with Gasteiger partial charge in [0.15, 0.2) is 0 Å². The van der Waals surface area contributed by atoms with Crippen molar-refractivity contribution in [2.24, 2.45) is 0 Å². The maximum atomic E-state index is 11.2. The number of hydrogen-bond donors (Lipinski definition) is 1. The van der Waals surface area contributed by atoms with Crippen LogP contribution in [0.5, 0.6) is 0 Å². The Labute approximate surface area is 262 Å². The van der Waals surface area contributed by atoms with E-state index in [2.05, 4.69) is 16.8 Å². The van der Waals surface area contributed by atoms with Crippen LogP contribution in [0.15, 0.2) is 21.9 Å². The minimum atomic E-state index is -3.20. The van der Waals surface area contributed by atoms with Crippen molar-refractivity contribution in [3.05, 3.63) is 46.3 Å². The zero-order valence-electron chi connectivity index (χ0n) is 20.1. The Morgan fingerprint density at radius 2 is 1.67 bits per heavy atom. The Bertz CT molecular complexity index is 1030. The number of H-pyrrole nitrogens is 1. The smallest absolute Gasteiger partial charge is 0.695 e. The van der Waals surface area contributed by atoms with Gasteiger partial charge in [-0.25, -0.2) is 4.79 Å². The third kappa shape index (κ3) is 9.42. The van der Waals surface area contributed by atoms with E-state index in [1.165, 1.54) is 23.4 Å². The molecule has 5 heterocycles. The van der Waals surface area contributed by atoms with Gasteiger partial charge in [-0.05, 0) is 32.8 Å². The van der Waals surface area contributed by atoms with Crippen molar-refractivity contribution >= 4 is 26.8 Å². The van der Waals surface area contributed by atoms with E-state index in [1.54, 1.807) is 6.61 Å². The molecule has 5 rings (SSSR count). The second kappa shape index (κ2) is 15.9. The fourth-order valence-electron chi connectivity index (χ4n) is 3.55. The van der Waals surface area contributed by atoms with Gasteiger partial charge in [0.2, 0.25) is 0 Å². The van der Waals surface area contributed by atoms with Crippen LogP contribution in [0.1, 0.15) is 46.6 Å². The molecule has 0 bridgehead atoms. The molecule has 200 valence electrons. The summed E-state index contributed by atoms with van der Waals surface area (Å²) in [6.45, 7) is 7.60. The standard InChI is InChI=1S/C7H10N2O2.C6H10O4PS.C6H9O4P.2U/c1-5(2)9-4-3-6(10)8-7(9)11;1-2-4-6-5(3-8-4)9-11(7,12)10-6;1-2-4-6-5(3-8-4)9-11(7)10-6;;/h3-5H,1-2H3,(H,8,10,11);3-6H,2H2,1H3,(H,7,12);3-6H,2H2,1H3;;/q;-1;;;/p-1/t;4-,5?,6-,11?;4-,5?,6-;;/m.11../s1. The van der Waals surface area contributed by atoms with Crippen LogP contribution in [-0.4, -0.2) is 46.2 Å². The summed E-state index contributed by atoms with van der Waals surface area (Å²) in [7, 11) is -1.89. The number of hydrogen-bond acceptors (Lipinski definition) is 11. The zero-order chi connectivity index (χ0) is 25.0. The van der Waals surface area contributed by atoms with Crippen LogP contribution < -0.4 is 16.1 Å². The third-order valence-electron chi connectivity index (χ3n) is 5.28. The molecule has 1 aromatic heterocycles. The van der Waals surface area contributed by atoms with Crippen molar-refractivity contribution in [1.82, 2.24) is 9.55 Å². The molecule has 4 aliphatic heterocycles. The van der Waals surface area contributed by atoms with E-state index in [9.17, 15) is 19.0 Å². The van der Waals surface area contributed by atoms with Crippen molar-refractivity contribution in [3.63, 3.8) is 0 Å². The second-order valence-corrected chi connectivity index (χ2v) is 11.5. The van der Waals surface area contributed by atoms with Gasteiger partial charge in [-0.2, -0.15) is 13.2 Å². The molecule has 4 saturated heterocycles. The van der Waals surface area contributed by atoms with Gasteiger partial charge in [0.25, 0.3) is 5.56 Å². The number of ether oxygens (including phenoxy) is 2. The molecule has 0 aromatic carbocycles. The van der Waals surface area contributed by atoms with Gasteiger partial charge in [0.05, 0.1) is 24.4 Å². The molecule has 4 aliphatic rings. The van der Waals surface area contributed by atoms with Gasteiger partial charge < -0.3 is 23.4 Å². The first-order valence-corrected chi connectivity index (χ1v) is 14.5. The van der Waals surface area contributed by atoms with Crippen LogP contribution in [0.25, 0.3) is 0 Å². The second-order valence-electron chi connectivity index (χ2n) is 8.00. The van der Waals surface area contributed by atoms with Gasteiger partial charge in [0.1, 0.15) is 12.8 Å². The van der Waals surface area contributed by atoms with Crippen LogP contribution in [-0.2, 0) is 43.9 Å². The summed E-state index contributed by atoms with van der Waals surface area (Å²) in [4.78, 5) is 34.9. The molecule has 0 spiro atoms. The number of nitrogens with one attached hydrogen (secondary N) is 1. The molecule has 0 radical (unpaired) electrons. The molecule has 4 unspecified atom stereocenters. The largest absolute Gasteiger partial charge is 0.780 e. The minimum absolute atomic E-state index is 0. The van der Waals surface area contributed by atoms with E-state index >= 15 is 0 Å². The van der Waals surface area contributed by atoms with Gasteiger partial charge in [-0.1, -0.05) is 25.7 Å². The number of aromatic nitrogens is 2. The normalized spacial score (nSPS) is 34.9. The number of rotatable bonds is 3. The summed E-state index contributed by atoms with van der Waals surface area (Å²) in [6.07, 6.45) is 2.13. The van der Waals surface area contributed by atoms with Crippen LogP contribution in [0.3, 0.4) is 0 Å². The third-order valence-corrected chi connectivity index (χ3v) is 7.64. The molecule has 36 heavy (non-hydrogen) atoms. The van der Waals surface area contributed by atoms with Gasteiger partial charge in [-0.3, -0.25) is 14.3 Å². The predicted molar refractivity (Wildman–Crippen MR) is 122 cm³/mol. The van der Waals surface area contributed by atoms with Crippen molar-refractivity contribution in [1.29, 1.82) is 0 Å². The molecule has 1 N–H and O–H groups in total.